The number of ether oxygens (including phenoxy) is 1. The van der Waals surface area contributed by atoms with E-state index in [1.165, 1.54) is 0 Å². The Morgan fingerprint density at radius 2 is 1.95 bits per heavy atom. The molecule has 1 amide bonds. The maximum Gasteiger partial charge on any atom is 0.253 e. The lowest BCUT2D eigenvalue weighted by atomic mass is 10.0. The van der Waals surface area contributed by atoms with Crippen molar-refractivity contribution >= 4 is 5.91 Å². The highest BCUT2D eigenvalue weighted by molar-refractivity contribution is 5.94. The van der Waals surface area contributed by atoms with Crippen LogP contribution in [0.4, 0.5) is 0 Å². The monoisotopic (exact) mass is 290 g/mol. The van der Waals surface area contributed by atoms with Gasteiger partial charge < -0.3 is 15.0 Å². The van der Waals surface area contributed by atoms with Crippen LogP contribution in [0.5, 0.6) is 5.75 Å². The Morgan fingerprint density at radius 3 is 2.52 bits per heavy atom. The normalized spacial score (nSPS) is 17.3. The lowest BCUT2D eigenvalue weighted by Gasteiger charge is -2.31. The van der Waals surface area contributed by atoms with E-state index < -0.39 is 0 Å². The second kappa shape index (κ2) is 7.46. The number of piperidine rings is 1. The third kappa shape index (κ3) is 4.21. The molecule has 0 saturated carbocycles. The maximum atomic E-state index is 12.5. The zero-order chi connectivity index (χ0) is 15.2. The summed E-state index contributed by atoms with van der Waals surface area (Å²) in [4.78, 5) is 14.4. The van der Waals surface area contributed by atoms with Crippen LogP contribution in [-0.2, 0) is 0 Å². The molecule has 1 aliphatic rings. The van der Waals surface area contributed by atoms with Crippen LogP contribution in [0.2, 0.25) is 0 Å². The van der Waals surface area contributed by atoms with Crippen molar-refractivity contribution in [3.05, 3.63) is 29.8 Å². The molecule has 1 fully saturated rings. The summed E-state index contributed by atoms with van der Waals surface area (Å²) < 4.78 is 5.74. The largest absolute Gasteiger partial charge is 0.491 e. The van der Waals surface area contributed by atoms with Crippen LogP contribution in [0.25, 0.3) is 0 Å². The fourth-order valence-corrected chi connectivity index (χ4v) is 2.56. The molecule has 0 aromatic heterocycles. The van der Waals surface area contributed by atoms with Gasteiger partial charge in [-0.3, -0.25) is 4.79 Å². The van der Waals surface area contributed by atoms with Gasteiger partial charge in [0.1, 0.15) is 5.75 Å². The van der Waals surface area contributed by atoms with E-state index in [-0.39, 0.29) is 12.0 Å². The Kier molecular flexibility index (Phi) is 5.62. The van der Waals surface area contributed by atoms with E-state index in [0.717, 1.165) is 43.7 Å². The van der Waals surface area contributed by atoms with E-state index in [4.69, 9.17) is 4.74 Å². The molecule has 4 nitrogen and oxygen atoms in total. The van der Waals surface area contributed by atoms with Gasteiger partial charge in [-0.15, -0.1) is 0 Å². The van der Waals surface area contributed by atoms with Crippen LogP contribution in [0.3, 0.4) is 0 Å². The Hall–Kier alpha value is -1.55. The third-order valence-electron chi connectivity index (χ3n) is 4.19. The van der Waals surface area contributed by atoms with Crippen molar-refractivity contribution in [2.24, 2.45) is 0 Å². The third-order valence-corrected chi connectivity index (χ3v) is 4.19. The van der Waals surface area contributed by atoms with Crippen LogP contribution in [0, 0.1) is 0 Å². The molecular weight excluding hydrogens is 264 g/mol. The first-order valence-corrected chi connectivity index (χ1v) is 7.86. The van der Waals surface area contributed by atoms with E-state index in [1.54, 1.807) is 0 Å². The van der Waals surface area contributed by atoms with Crippen LogP contribution >= 0.6 is 0 Å². The first-order chi connectivity index (χ1) is 10.1. The molecule has 2 rings (SSSR count). The number of hydrogen-bond donors (Lipinski definition) is 1. The fourth-order valence-electron chi connectivity index (χ4n) is 2.56. The van der Waals surface area contributed by atoms with Crippen LogP contribution in [0.15, 0.2) is 24.3 Å². The summed E-state index contributed by atoms with van der Waals surface area (Å²) in [5.74, 6) is 0.919. The molecule has 1 N–H and O–H groups in total. The lowest BCUT2D eigenvalue weighted by molar-refractivity contribution is 0.0703. The van der Waals surface area contributed by atoms with E-state index in [1.807, 2.05) is 43.1 Å². The molecule has 1 unspecified atom stereocenters. The Balaban J connectivity index is 1.98. The zero-order valence-electron chi connectivity index (χ0n) is 13.3. The second-order valence-electron chi connectivity index (χ2n) is 5.76. The molecule has 4 heteroatoms. The Morgan fingerprint density at radius 1 is 1.33 bits per heavy atom. The Bertz CT molecular complexity index is 452. The predicted molar refractivity (Wildman–Crippen MR) is 84.8 cm³/mol. The van der Waals surface area contributed by atoms with Crippen molar-refractivity contribution in [3.8, 4) is 5.75 Å². The summed E-state index contributed by atoms with van der Waals surface area (Å²) >= 11 is 0. The number of benzene rings is 1. The van der Waals surface area contributed by atoms with Gasteiger partial charge in [0.15, 0.2) is 0 Å². The highest BCUT2D eigenvalue weighted by atomic mass is 16.5. The van der Waals surface area contributed by atoms with E-state index >= 15 is 0 Å². The molecule has 1 aromatic carbocycles. The van der Waals surface area contributed by atoms with Gasteiger partial charge in [0.05, 0.1) is 6.10 Å². The minimum absolute atomic E-state index is 0.0944. The van der Waals surface area contributed by atoms with E-state index in [2.05, 4.69) is 12.2 Å². The van der Waals surface area contributed by atoms with Gasteiger partial charge in [-0.2, -0.15) is 0 Å². The van der Waals surface area contributed by atoms with Gasteiger partial charge in [0, 0.05) is 18.7 Å². The van der Waals surface area contributed by atoms with E-state index in [9.17, 15) is 4.79 Å². The first-order valence-electron chi connectivity index (χ1n) is 7.86. The molecule has 1 aromatic rings. The molecule has 21 heavy (non-hydrogen) atoms. The van der Waals surface area contributed by atoms with Crippen LogP contribution < -0.4 is 10.1 Å². The highest BCUT2D eigenvalue weighted by Crippen LogP contribution is 2.18. The van der Waals surface area contributed by atoms with Crippen molar-refractivity contribution in [3.63, 3.8) is 0 Å². The Labute approximate surface area is 127 Å². The minimum Gasteiger partial charge on any atom is -0.491 e. The predicted octanol–water partition coefficient (Wildman–Crippen LogP) is 2.69. The van der Waals surface area contributed by atoms with Crippen LogP contribution in [-0.4, -0.2) is 43.1 Å². The quantitative estimate of drug-likeness (QED) is 0.906. The van der Waals surface area contributed by atoms with Crippen molar-refractivity contribution < 1.29 is 9.53 Å². The summed E-state index contributed by atoms with van der Waals surface area (Å²) in [6, 6.07) is 7.83. The number of amides is 1. The van der Waals surface area contributed by atoms with Crippen molar-refractivity contribution in [1.82, 2.24) is 10.2 Å². The number of carbonyl (C=O) groups is 1. The SMILES string of the molecule is CCC(C)Oc1ccc(C(=O)N(C)C2CCNCC2)cc1. The molecule has 1 atom stereocenters. The number of rotatable bonds is 5. The molecule has 0 aliphatic carbocycles. The molecule has 0 radical (unpaired) electrons. The number of nitrogens with one attached hydrogen (secondary N) is 1. The number of carbonyl (C=O) groups excluding carboxylic acids is 1. The van der Waals surface area contributed by atoms with Gasteiger partial charge in [0.2, 0.25) is 0 Å². The standard InChI is InChI=1S/C17H26N2O2/c1-4-13(2)21-16-7-5-14(6-8-16)17(20)19(3)15-9-11-18-12-10-15/h5-8,13,15,18H,4,9-12H2,1-3H3. The van der Waals surface area contributed by atoms with Gasteiger partial charge >= 0.3 is 0 Å². The molecule has 1 heterocycles. The average Bonchev–Trinajstić information content (AvgIpc) is 2.55. The molecule has 116 valence electrons. The van der Waals surface area contributed by atoms with Gasteiger partial charge in [-0.05, 0) is 63.5 Å². The minimum atomic E-state index is 0.0944. The summed E-state index contributed by atoms with van der Waals surface area (Å²) in [5, 5.41) is 3.32. The summed E-state index contributed by atoms with van der Waals surface area (Å²) in [6.07, 6.45) is 3.22. The van der Waals surface area contributed by atoms with Crippen LogP contribution in [0.1, 0.15) is 43.5 Å². The number of nitrogens with zero attached hydrogens (tertiary/aromatic N) is 1. The lowest BCUT2D eigenvalue weighted by Crippen LogP contribution is -2.43. The number of hydrogen-bond acceptors (Lipinski definition) is 3. The molecule has 1 saturated heterocycles. The summed E-state index contributed by atoms with van der Waals surface area (Å²) in [6.45, 7) is 6.12. The van der Waals surface area contributed by atoms with Gasteiger partial charge in [0.25, 0.3) is 5.91 Å². The van der Waals surface area contributed by atoms with Crippen molar-refractivity contribution in [1.29, 1.82) is 0 Å². The average molecular weight is 290 g/mol. The van der Waals surface area contributed by atoms with E-state index in [0.29, 0.717) is 6.04 Å². The molecule has 1 aliphatic heterocycles. The topological polar surface area (TPSA) is 41.6 Å². The van der Waals surface area contributed by atoms with Gasteiger partial charge in [-0.1, -0.05) is 6.92 Å². The van der Waals surface area contributed by atoms with Crippen molar-refractivity contribution in [2.45, 2.75) is 45.3 Å². The summed E-state index contributed by atoms with van der Waals surface area (Å²) in [5.41, 5.74) is 0.729. The first kappa shape index (κ1) is 15.8. The second-order valence-corrected chi connectivity index (χ2v) is 5.76. The molecule has 0 bridgehead atoms. The van der Waals surface area contributed by atoms with Crippen molar-refractivity contribution in [2.75, 3.05) is 20.1 Å². The highest BCUT2D eigenvalue weighted by Gasteiger charge is 2.22. The molecular formula is C17H26N2O2. The maximum absolute atomic E-state index is 12.5. The molecule has 0 spiro atoms. The zero-order valence-corrected chi connectivity index (χ0v) is 13.3. The fraction of sp³-hybridized carbons (Fsp3) is 0.588. The smallest absolute Gasteiger partial charge is 0.253 e. The summed E-state index contributed by atoms with van der Waals surface area (Å²) in [7, 11) is 1.90. The van der Waals surface area contributed by atoms with Gasteiger partial charge in [-0.25, -0.2) is 0 Å².